The number of hydrogen-bond acceptors (Lipinski definition) is 3. The van der Waals surface area contributed by atoms with E-state index >= 15 is 0 Å². The molecular formula is C13H18ClNS2. The van der Waals surface area contributed by atoms with Crippen LogP contribution in [0.1, 0.15) is 24.4 Å². The maximum absolute atomic E-state index is 6.09. The van der Waals surface area contributed by atoms with Crippen molar-refractivity contribution in [3.63, 3.8) is 0 Å². The average molecular weight is 288 g/mol. The minimum Gasteiger partial charge on any atom is -0.310 e. The molecule has 17 heavy (non-hydrogen) atoms. The third-order valence-corrected chi connectivity index (χ3v) is 4.98. The van der Waals surface area contributed by atoms with Gasteiger partial charge in [-0.15, -0.1) is 11.8 Å². The number of thioether (sulfide) groups is 2. The van der Waals surface area contributed by atoms with Gasteiger partial charge in [0.25, 0.3) is 0 Å². The third-order valence-electron chi connectivity index (χ3n) is 2.93. The molecule has 0 amide bonds. The molecule has 1 aromatic rings. The van der Waals surface area contributed by atoms with E-state index in [9.17, 15) is 0 Å². The molecular weight excluding hydrogens is 270 g/mol. The normalized spacial score (nSPS) is 19.1. The Kier molecular flexibility index (Phi) is 5.54. The Bertz CT molecular complexity index is 370. The lowest BCUT2D eigenvalue weighted by atomic mass is 10.0. The van der Waals surface area contributed by atoms with Gasteiger partial charge >= 0.3 is 0 Å². The molecule has 1 heterocycles. The van der Waals surface area contributed by atoms with E-state index in [1.807, 2.05) is 29.6 Å². The summed E-state index contributed by atoms with van der Waals surface area (Å²) in [5.41, 5.74) is 1.39. The van der Waals surface area contributed by atoms with Gasteiger partial charge in [0.2, 0.25) is 0 Å². The smallest absolute Gasteiger partial charge is 0.0410 e. The van der Waals surface area contributed by atoms with E-state index in [1.54, 1.807) is 0 Å². The Hall–Kier alpha value is 0.170. The highest BCUT2D eigenvalue weighted by molar-refractivity contribution is 7.99. The molecule has 94 valence electrons. The van der Waals surface area contributed by atoms with Crippen molar-refractivity contribution in [1.82, 2.24) is 5.32 Å². The number of benzene rings is 1. The van der Waals surface area contributed by atoms with E-state index in [-0.39, 0.29) is 0 Å². The Morgan fingerprint density at radius 1 is 1.53 bits per heavy atom. The second-order valence-corrected chi connectivity index (χ2v) is 6.73. The molecule has 1 aliphatic heterocycles. The van der Waals surface area contributed by atoms with Crippen molar-refractivity contribution in [1.29, 1.82) is 0 Å². The van der Waals surface area contributed by atoms with Gasteiger partial charge in [-0.25, -0.2) is 0 Å². The standard InChI is InChI=1S/C13H18ClNS2/c1-16-7-2-6-15-12-5-8-17-13-4-3-10(14)9-11(12)13/h3-4,9,12,15H,2,5-8H2,1H3. The second-order valence-electron chi connectivity index (χ2n) is 4.17. The first kappa shape index (κ1) is 13.6. The van der Waals surface area contributed by atoms with Crippen molar-refractivity contribution in [3.8, 4) is 0 Å². The van der Waals surface area contributed by atoms with Crippen LogP contribution in [0.15, 0.2) is 23.1 Å². The van der Waals surface area contributed by atoms with Gasteiger partial charge in [-0.3, -0.25) is 0 Å². The first-order chi connectivity index (χ1) is 8.31. The van der Waals surface area contributed by atoms with E-state index in [0.29, 0.717) is 6.04 Å². The highest BCUT2D eigenvalue weighted by Crippen LogP contribution is 2.37. The fourth-order valence-corrected chi connectivity index (χ4v) is 3.79. The zero-order valence-electron chi connectivity index (χ0n) is 10.0. The van der Waals surface area contributed by atoms with E-state index < -0.39 is 0 Å². The molecule has 1 unspecified atom stereocenters. The topological polar surface area (TPSA) is 12.0 Å². The summed E-state index contributed by atoms with van der Waals surface area (Å²) < 4.78 is 0. The molecule has 0 aromatic heterocycles. The summed E-state index contributed by atoms with van der Waals surface area (Å²) in [6.07, 6.45) is 4.60. The van der Waals surface area contributed by atoms with Crippen LogP contribution < -0.4 is 5.32 Å². The van der Waals surface area contributed by atoms with Gasteiger partial charge in [0, 0.05) is 16.0 Å². The highest BCUT2D eigenvalue weighted by atomic mass is 35.5. The van der Waals surface area contributed by atoms with Crippen LogP contribution in [0.2, 0.25) is 5.02 Å². The lowest BCUT2D eigenvalue weighted by Crippen LogP contribution is -2.25. The molecule has 0 saturated carbocycles. The van der Waals surface area contributed by atoms with Gasteiger partial charge in [-0.1, -0.05) is 11.6 Å². The molecule has 1 aliphatic rings. The second kappa shape index (κ2) is 6.93. The molecule has 2 rings (SSSR count). The van der Waals surface area contributed by atoms with Gasteiger partial charge < -0.3 is 5.32 Å². The van der Waals surface area contributed by atoms with Crippen LogP contribution in [0.3, 0.4) is 0 Å². The molecule has 4 heteroatoms. The van der Waals surface area contributed by atoms with Crippen molar-refractivity contribution in [2.45, 2.75) is 23.8 Å². The minimum atomic E-state index is 0.492. The number of halogens is 1. The summed E-state index contributed by atoms with van der Waals surface area (Å²) in [7, 11) is 0. The summed E-state index contributed by atoms with van der Waals surface area (Å²) >= 11 is 9.94. The summed E-state index contributed by atoms with van der Waals surface area (Å²) in [5.74, 6) is 2.44. The first-order valence-corrected chi connectivity index (χ1v) is 8.71. The van der Waals surface area contributed by atoms with Crippen molar-refractivity contribution in [2.24, 2.45) is 0 Å². The minimum absolute atomic E-state index is 0.492. The lowest BCUT2D eigenvalue weighted by molar-refractivity contribution is 0.511. The zero-order chi connectivity index (χ0) is 12.1. The van der Waals surface area contributed by atoms with Crippen molar-refractivity contribution < 1.29 is 0 Å². The molecule has 0 radical (unpaired) electrons. The monoisotopic (exact) mass is 287 g/mol. The molecule has 0 bridgehead atoms. The van der Waals surface area contributed by atoms with Crippen LogP contribution in [0.25, 0.3) is 0 Å². The fourth-order valence-electron chi connectivity index (χ4n) is 2.07. The van der Waals surface area contributed by atoms with Crippen molar-refractivity contribution in [2.75, 3.05) is 24.3 Å². The van der Waals surface area contributed by atoms with E-state index in [2.05, 4.69) is 23.7 Å². The lowest BCUT2D eigenvalue weighted by Gasteiger charge is -2.26. The summed E-state index contributed by atoms with van der Waals surface area (Å²) in [5, 5.41) is 4.50. The molecule has 0 saturated heterocycles. The van der Waals surface area contributed by atoms with E-state index in [4.69, 9.17) is 11.6 Å². The molecule has 1 nitrogen and oxygen atoms in total. The fraction of sp³-hybridized carbons (Fsp3) is 0.538. The maximum Gasteiger partial charge on any atom is 0.0410 e. The summed E-state index contributed by atoms with van der Waals surface area (Å²) in [4.78, 5) is 1.39. The van der Waals surface area contributed by atoms with Crippen LogP contribution in [0.5, 0.6) is 0 Å². The number of nitrogens with one attached hydrogen (secondary N) is 1. The highest BCUT2D eigenvalue weighted by Gasteiger charge is 2.20. The molecule has 0 fully saturated rings. The number of fused-ring (bicyclic) bond motifs is 1. The zero-order valence-corrected chi connectivity index (χ0v) is 12.4. The van der Waals surface area contributed by atoms with Gasteiger partial charge in [0.05, 0.1) is 0 Å². The van der Waals surface area contributed by atoms with Gasteiger partial charge in [-0.05, 0) is 60.9 Å². The van der Waals surface area contributed by atoms with Crippen LogP contribution in [0.4, 0.5) is 0 Å². The largest absolute Gasteiger partial charge is 0.310 e. The molecule has 1 aromatic carbocycles. The number of hydrogen-bond donors (Lipinski definition) is 1. The van der Waals surface area contributed by atoms with Crippen LogP contribution in [-0.4, -0.2) is 24.3 Å². The van der Waals surface area contributed by atoms with E-state index in [1.165, 1.54) is 34.8 Å². The number of rotatable bonds is 5. The SMILES string of the molecule is CSCCCNC1CCSc2ccc(Cl)cc21. The Morgan fingerprint density at radius 3 is 3.24 bits per heavy atom. The van der Waals surface area contributed by atoms with Crippen LogP contribution in [-0.2, 0) is 0 Å². The third kappa shape index (κ3) is 3.82. The Morgan fingerprint density at radius 2 is 2.41 bits per heavy atom. The Balaban J connectivity index is 1.98. The molecule has 0 aliphatic carbocycles. The summed E-state index contributed by atoms with van der Waals surface area (Å²) in [6.45, 7) is 1.10. The van der Waals surface area contributed by atoms with Crippen molar-refractivity contribution in [3.05, 3.63) is 28.8 Å². The van der Waals surface area contributed by atoms with Gasteiger partial charge in [0.1, 0.15) is 0 Å². The van der Waals surface area contributed by atoms with E-state index in [0.717, 1.165) is 11.6 Å². The van der Waals surface area contributed by atoms with Crippen molar-refractivity contribution >= 4 is 35.1 Å². The van der Waals surface area contributed by atoms with Crippen LogP contribution in [0, 0.1) is 0 Å². The van der Waals surface area contributed by atoms with Crippen LogP contribution >= 0.6 is 35.1 Å². The van der Waals surface area contributed by atoms with Gasteiger partial charge in [-0.2, -0.15) is 11.8 Å². The average Bonchev–Trinajstić information content (AvgIpc) is 2.35. The molecule has 1 N–H and O–H groups in total. The quantitative estimate of drug-likeness (QED) is 0.815. The predicted molar refractivity (Wildman–Crippen MR) is 80.5 cm³/mol. The summed E-state index contributed by atoms with van der Waals surface area (Å²) in [6, 6.07) is 6.75. The predicted octanol–water partition coefficient (Wildman–Crippen LogP) is 4.22. The Labute approximate surface area is 117 Å². The molecule has 1 atom stereocenters. The molecule has 0 spiro atoms. The first-order valence-electron chi connectivity index (χ1n) is 5.96. The maximum atomic E-state index is 6.09. The van der Waals surface area contributed by atoms with Gasteiger partial charge in [0.15, 0.2) is 0 Å².